The van der Waals surface area contributed by atoms with Gasteiger partial charge in [-0.25, -0.2) is 18.7 Å². The van der Waals surface area contributed by atoms with Gasteiger partial charge in [0.05, 0.1) is 18.9 Å². The summed E-state index contributed by atoms with van der Waals surface area (Å²) in [6, 6.07) is 14.0. The quantitative estimate of drug-likeness (QED) is 0.280. The van der Waals surface area contributed by atoms with E-state index in [-0.39, 0.29) is 12.3 Å². The van der Waals surface area contributed by atoms with Crippen molar-refractivity contribution in [1.29, 1.82) is 0 Å². The number of amides is 2. The van der Waals surface area contributed by atoms with Crippen LogP contribution in [0, 0.1) is 11.8 Å². The topological polar surface area (TPSA) is 122 Å². The van der Waals surface area contributed by atoms with E-state index in [2.05, 4.69) is 11.8 Å². The number of nitrogens with one attached hydrogen (secondary N) is 1. The monoisotopic (exact) mass is 458 g/mol. The van der Waals surface area contributed by atoms with Crippen molar-refractivity contribution in [3.8, 4) is 17.6 Å². The SMILES string of the molecule is CS(=O)(=O)CCCOc1ccc(C#Cc2ccc(N3C[C@@H](C(=O)NO)OC3=O)cc2)cc1. The fourth-order valence-corrected chi connectivity index (χ4v) is 3.54. The summed E-state index contributed by atoms with van der Waals surface area (Å²) in [5, 5.41) is 8.67. The van der Waals surface area contributed by atoms with Gasteiger partial charge >= 0.3 is 6.09 Å². The molecule has 1 aliphatic rings. The molecule has 2 amide bonds. The molecular formula is C22H22N2O7S. The molecule has 0 radical (unpaired) electrons. The third kappa shape index (κ3) is 6.47. The largest absolute Gasteiger partial charge is 0.494 e. The predicted octanol–water partition coefficient (Wildman–Crippen LogP) is 1.73. The number of hydroxylamine groups is 1. The second-order valence-electron chi connectivity index (χ2n) is 7.11. The van der Waals surface area contributed by atoms with Crippen LogP contribution in [0.15, 0.2) is 48.5 Å². The second kappa shape index (κ2) is 10.2. The van der Waals surface area contributed by atoms with Crippen molar-refractivity contribution in [2.75, 3.05) is 30.1 Å². The lowest BCUT2D eigenvalue weighted by molar-refractivity contribution is -0.136. The van der Waals surface area contributed by atoms with Crippen LogP contribution in [0.3, 0.4) is 0 Å². The van der Waals surface area contributed by atoms with Gasteiger partial charge < -0.3 is 9.47 Å². The Balaban J connectivity index is 1.56. The lowest BCUT2D eigenvalue weighted by Crippen LogP contribution is -2.35. The number of hydrogen-bond donors (Lipinski definition) is 2. The Morgan fingerprint density at radius 2 is 1.75 bits per heavy atom. The van der Waals surface area contributed by atoms with Crippen LogP contribution < -0.4 is 15.1 Å². The van der Waals surface area contributed by atoms with Crippen LogP contribution in [0.4, 0.5) is 10.5 Å². The van der Waals surface area contributed by atoms with Gasteiger partial charge in [-0.05, 0) is 55.0 Å². The molecule has 1 saturated heterocycles. The number of carbonyl (C=O) groups is 2. The molecule has 1 aliphatic heterocycles. The molecule has 0 saturated carbocycles. The lowest BCUT2D eigenvalue weighted by Gasteiger charge is -2.12. The molecule has 0 unspecified atom stereocenters. The van der Waals surface area contributed by atoms with Gasteiger partial charge in [-0.2, -0.15) is 0 Å². The molecular weight excluding hydrogens is 436 g/mol. The van der Waals surface area contributed by atoms with Gasteiger partial charge in [0.2, 0.25) is 6.10 Å². The summed E-state index contributed by atoms with van der Waals surface area (Å²) in [5.74, 6) is 6.00. The van der Waals surface area contributed by atoms with Crippen molar-refractivity contribution >= 4 is 27.5 Å². The smallest absolute Gasteiger partial charge is 0.415 e. The first-order valence-corrected chi connectivity index (χ1v) is 11.8. The van der Waals surface area contributed by atoms with Gasteiger partial charge in [-0.3, -0.25) is 14.9 Å². The van der Waals surface area contributed by atoms with Crippen LogP contribution in [0.1, 0.15) is 17.5 Å². The minimum Gasteiger partial charge on any atom is -0.494 e. The number of cyclic esters (lactones) is 1. The van der Waals surface area contributed by atoms with E-state index in [1.807, 2.05) is 0 Å². The number of ether oxygens (including phenoxy) is 2. The van der Waals surface area contributed by atoms with E-state index < -0.39 is 27.9 Å². The zero-order valence-electron chi connectivity index (χ0n) is 17.3. The summed E-state index contributed by atoms with van der Waals surface area (Å²) in [5.41, 5.74) is 3.52. The highest BCUT2D eigenvalue weighted by atomic mass is 32.2. The molecule has 1 atom stereocenters. The van der Waals surface area contributed by atoms with Crippen LogP contribution in [0.25, 0.3) is 0 Å². The van der Waals surface area contributed by atoms with Gasteiger partial charge in [-0.1, -0.05) is 11.8 Å². The molecule has 0 aromatic heterocycles. The molecule has 10 heteroatoms. The summed E-state index contributed by atoms with van der Waals surface area (Å²) in [6.07, 6.45) is -0.113. The van der Waals surface area contributed by atoms with Gasteiger partial charge in [0.15, 0.2) is 0 Å². The van der Waals surface area contributed by atoms with Crippen molar-refractivity contribution in [3.63, 3.8) is 0 Å². The Bertz CT molecular complexity index is 1130. The zero-order chi connectivity index (χ0) is 23.1. The molecule has 0 spiro atoms. The van der Waals surface area contributed by atoms with E-state index in [1.54, 1.807) is 48.5 Å². The average molecular weight is 458 g/mol. The van der Waals surface area contributed by atoms with Crippen LogP contribution in [0.2, 0.25) is 0 Å². The highest BCUT2D eigenvalue weighted by Crippen LogP contribution is 2.22. The van der Waals surface area contributed by atoms with Crippen LogP contribution in [0.5, 0.6) is 5.75 Å². The number of benzene rings is 2. The average Bonchev–Trinajstić information content (AvgIpc) is 3.17. The zero-order valence-corrected chi connectivity index (χ0v) is 18.1. The van der Waals surface area contributed by atoms with Crippen molar-refractivity contribution in [1.82, 2.24) is 5.48 Å². The number of anilines is 1. The molecule has 2 aromatic rings. The van der Waals surface area contributed by atoms with E-state index in [0.29, 0.717) is 24.5 Å². The van der Waals surface area contributed by atoms with E-state index in [1.165, 1.54) is 16.6 Å². The van der Waals surface area contributed by atoms with E-state index in [4.69, 9.17) is 14.7 Å². The van der Waals surface area contributed by atoms with Gasteiger partial charge in [0.1, 0.15) is 15.6 Å². The Labute approximate surface area is 185 Å². The number of carbonyl (C=O) groups excluding carboxylic acids is 2. The van der Waals surface area contributed by atoms with E-state index in [9.17, 15) is 18.0 Å². The summed E-state index contributed by atoms with van der Waals surface area (Å²) in [7, 11) is -2.99. The predicted molar refractivity (Wildman–Crippen MR) is 116 cm³/mol. The third-order valence-electron chi connectivity index (χ3n) is 4.53. The maximum absolute atomic E-state index is 11.9. The van der Waals surface area contributed by atoms with E-state index >= 15 is 0 Å². The molecule has 0 bridgehead atoms. The van der Waals surface area contributed by atoms with Gasteiger partial charge in [-0.15, -0.1) is 0 Å². The molecule has 9 nitrogen and oxygen atoms in total. The first-order valence-electron chi connectivity index (χ1n) is 9.70. The Morgan fingerprint density at radius 1 is 1.16 bits per heavy atom. The first-order chi connectivity index (χ1) is 15.2. The Morgan fingerprint density at radius 3 is 2.31 bits per heavy atom. The molecule has 168 valence electrons. The standard InChI is InChI=1S/C22H22N2O7S/c1-32(28,29)14-2-13-30-19-11-7-17(8-12-19)4-3-16-5-9-18(10-6-16)24-15-20(21(25)23-27)31-22(24)26/h5-12,20,27H,2,13-15H2,1H3,(H,23,25)/t20-/m0/s1. The van der Waals surface area contributed by atoms with E-state index in [0.717, 1.165) is 11.1 Å². The Hall–Kier alpha value is -3.55. The molecule has 32 heavy (non-hydrogen) atoms. The van der Waals surface area contributed by atoms with Crippen molar-refractivity contribution < 1.29 is 32.7 Å². The maximum Gasteiger partial charge on any atom is 0.415 e. The van der Waals surface area contributed by atoms with Crippen LogP contribution >= 0.6 is 0 Å². The van der Waals surface area contributed by atoms with Gasteiger partial charge in [0, 0.05) is 23.1 Å². The van der Waals surface area contributed by atoms with Crippen LogP contribution in [-0.4, -0.2) is 56.9 Å². The molecule has 1 heterocycles. The number of hydrogen-bond acceptors (Lipinski definition) is 7. The normalized spacial score (nSPS) is 15.5. The molecule has 1 fully saturated rings. The first kappa shape index (κ1) is 23.1. The number of rotatable bonds is 7. The fraction of sp³-hybridized carbons (Fsp3) is 0.273. The summed E-state index contributed by atoms with van der Waals surface area (Å²) < 4.78 is 32.7. The molecule has 2 N–H and O–H groups in total. The minimum absolute atomic E-state index is 0.00106. The Kier molecular flexibility index (Phi) is 7.35. The number of sulfone groups is 1. The fourth-order valence-electron chi connectivity index (χ4n) is 2.90. The van der Waals surface area contributed by atoms with Gasteiger partial charge in [0.25, 0.3) is 5.91 Å². The highest BCUT2D eigenvalue weighted by Gasteiger charge is 2.36. The molecule has 0 aliphatic carbocycles. The molecule has 3 rings (SSSR count). The molecule has 2 aromatic carbocycles. The third-order valence-corrected chi connectivity index (χ3v) is 5.56. The summed E-state index contributed by atoms with van der Waals surface area (Å²) in [6.45, 7) is 0.319. The minimum atomic E-state index is -2.99. The van der Waals surface area contributed by atoms with Crippen molar-refractivity contribution in [2.45, 2.75) is 12.5 Å². The lowest BCUT2D eigenvalue weighted by atomic mass is 10.1. The number of nitrogens with zero attached hydrogens (tertiary/aromatic N) is 1. The second-order valence-corrected chi connectivity index (χ2v) is 9.37. The summed E-state index contributed by atoms with van der Waals surface area (Å²) in [4.78, 5) is 24.7. The van der Waals surface area contributed by atoms with Crippen molar-refractivity contribution in [2.24, 2.45) is 0 Å². The highest BCUT2D eigenvalue weighted by molar-refractivity contribution is 7.90. The van der Waals surface area contributed by atoms with Crippen LogP contribution in [-0.2, 0) is 19.4 Å². The van der Waals surface area contributed by atoms with Crippen molar-refractivity contribution in [3.05, 3.63) is 59.7 Å². The summed E-state index contributed by atoms with van der Waals surface area (Å²) >= 11 is 0. The maximum atomic E-state index is 11.9.